The summed E-state index contributed by atoms with van der Waals surface area (Å²) in [7, 11) is 0. The van der Waals surface area contributed by atoms with Gasteiger partial charge in [-0.2, -0.15) is 0 Å². The average Bonchev–Trinajstić information content (AvgIpc) is 2.90. The van der Waals surface area contributed by atoms with Crippen molar-refractivity contribution in [1.82, 2.24) is 9.80 Å². The zero-order valence-electron chi connectivity index (χ0n) is 12.3. The van der Waals surface area contributed by atoms with Crippen molar-refractivity contribution in [2.45, 2.75) is 26.3 Å². The third-order valence-electron chi connectivity index (χ3n) is 3.89. The first-order valence-corrected chi connectivity index (χ1v) is 8.93. The fraction of sp³-hybridized carbons (Fsp3) is 0.600. The van der Waals surface area contributed by atoms with Crippen molar-refractivity contribution < 1.29 is 9.59 Å². The standard InChI is InChI=1S/C15H21BrN2O2S/c1-2-18(9-13-3-4-14(16)21-13)15(20)10-17-7-5-12(11-19)6-8-17/h3-4,11-12H,2,5-10H2,1H3. The summed E-state index contributed by atoms with van der Waals surface area (Å²) >= 11 is 5.12. The smallest absolute Gasteiger partial charge is 0.237 e. The van der Waals surface area contributed by atoms with E-state index in [9.17, 15) is 9.59 Å². The third kappa shape index (κ3) is 4.90. The highest BCUT2D eigenvalue weighted by Crippen LogP contribution is 2.23. The van der Waals surface area contributed by atoms with Crippen molar-refractivity contribution in [2.24, 2.45) is 5.92 Å². The summed E-state index contributed by atoms with van der Waals surface area (Å²) in [6.45, 7) is 5.56. The Balaban J connectivity index is 1.84. The molecule has 0 spiro atoms. The topological polar surface area (TPSA) is 40.6 Å². The van der Waals surface area contributed by atoms with Crippen LogP contribution >= 0.6 is 27.3 Å². The number of amides is 1. The molecule has 1 aromatic heterocycles. The molecule has 0 unspecified atom stereocenters. The number of carbonyl (C=O) groups excluding carboxylic acids is 2. The summed E-state index contributed by atoms with van der Waals surface area (Å²) < 4.78 is 1.09. The first-order chi connectivity index (χ1) is 10.1. The van der Waals surface area contributed by atoms with E-state index < -0.39 is 0 Å². The Morgan fingerprint density at radius 1 is 1.48 bits per heavy atom. The molecule has 1 aliphatic heterocycles. The quantitative estimate of drug-likeness (QED) is 0.720. The molecular formula is C15H21BrN2O2S. The number of halogens is 1. The number of aldehydes is 1. The average molecular weight is 373 g/mol. The molecule has 0 radical (unpaired) electrons. The molecular weight excluding hydrogens is 352 g/mol. The number of likely N-dealkylation sites (tertiary alicyclic amines) is 1. The largest absolute Gasteiger partial charge is 0.337 e. The molecule has 0 aromatic carbocycles. The Kier molecular flexibility index (Phi) is 6.39. The highest BCUT2D eigenvalue weighted by Gasteiger charge is 2.22. The van der Waals surface area contributed by atoms with Gasteiger partial charge in [-0.25, -0.2) is 0 Å². The molecule has 1 aromatic rings. The maximum atomic E-state index is 12.4. The predicted octanol–water partition coefficient (Wildman–Crippen LogP) is 2.77. The lowest BCUT2D eigenvalue weighted by molar-refractivity contribution is -0.133. The van der Waals surface area contributed by atoms with Crippen LogP contribution in [0.4, 0.5) is 0 Å². The van der Waals surface area contributed by atoms with Gasteiger partial charge in [0.15, 0.2) is 0 Å². The van der Waals surface area contributed by atoms with E-state index in [4.69, 9.17) is 0 Å². The summed E-state index contributed by atoms with van der Waals surface area (Å²) in [5.41, 5.74) is 0. The monoisotopic (exact) mass is 372 g/mol. The normalized spacial score (nSPS) is 16.9. The molecule has 1 amide bonds. The number of thiophene rings is 1. The summed E-state index contributed by atoms with van der Waals surface area (Å²) in [4.78, 5) is 28.4. The molecule has 4 nitrogen and oxygen atoms in total. The van der Waals surface area contributed by atoms with E-state index in [0.717, 1.165) is 42.5 Å². The lowest BCUT2D eigenvalue weighted by Gasteiger charge is -2.31. The zero-order valence-corrected chi connectivity index (χ0v) is 14.7. The van der Waals surface area contributed by atoms with Crippen LogP contribution in [-0.4, -0.2) is 48.2 Å². The number of carbonyl (C=O) groups is 2. The van der Waals surface area contributed by atoms with Gasteiger partial charge in [0.1, 0.15) is 6.29 Å². The van der Waals surface area contributed by atoms with Gasteiger partial charge in [-0.3, -0.25) is 9.69 Å². The van der Waals surface area contributed by atoms with Gasteiger partial charge in [-0.1, -0.05) is 0 Å². The zero-order chi connectivity index (χ0) is 15.2. The van der Waals surface area contributed by atoms with E-state index in [1.807, 2.05) is 17.9 Å². The highest BCUT2D eigenvalue weighted by atomic mass is 79.9. The van der Waals surface area contributed by atoms with Crippen molar-refractivity contribution in [1.29, 1.82) is 0 Å². The Hall–Kier alpha value is -0.720. The van der Waals surface area contributed by atoms with Crippen molar-refractivity contribution in [3.05, 3.63) is 20.8 Å². The van der Waals surface area contributed by atoms with E-state index >= 15 is 0 Å². The first-order valence-electron chi connectivity index (χ1n) is 7.32. The SMILES string of the molecule is CCN(Cc1ccc(Br)s1)C(=O)CN1CCC(C=O)CC1. The molecule has 0 N–H and O–H groups in total. The van der Waals surface area contributed by atoms with Crippen LogP contribution in [0.2, 0.25) is 0 Å². The summed E-state index contributed by atoms with van der Waals surface area (Å²) in [5.74, 6) is 0.355. The molecule has 21 heavy (non-hydrogen) atoms. The number of piperidine rings is 1. The maximum absolute atomic E-state index is 12.4. The van der Waals surface area contributed by atoms with Gasteiger partial charge in [0.2, 0.25) is 5.91 Å². The Morgan fingerprint density at radius 3 is 2.71 bits per heavy atom. The summed E-state index contributed by atoms with van der Waals surface area (Å²) in [5, 5.41) is 0. The van der Waals surface area contributed by atoms with Crippen LogP contribution in [0.15, 0.2) is 15.9 Å². The van der Waals surface area contributed by atoms with Crippen molar-refractivity contribution in [2.75, 3.05) is 26.2 Å². The maximum Gasteiger partial charge on any atom is 0.237 e. The Bertz CT molecular complexity index is 484. The number of rotatable bonds is 6. The third-order valence-corrected chi connectivity index (χ3v) is 5.50. The van der Waals surface area contributed by atoms with E-state index in [2.05, 4.69) is 26.9 Å². The molecule has 1 aliphatic rings. The van der Waals surface area contributed by atoms with Crippen LogP contribution in [0.1, 0.15) is 24.6 Å². The molecule has 0 bridgehead atoms. The second-order valence-corrected chi connectivity index (χ2v) is 7.91. The highest BCUT2D eigenvalue weighted by molar-refractivity contribution is 9.11. The molecule has 2 rings (SSSR count). The van der Waals surface area contributed by atoms with E-state index in [1.54, 1.807) is 11.3 Å². The fourth-order valence-electron chi connectivity index (χ4n) is 2.54. The summed E-state index contributed by atoms with van der Waals surface area (Å²) in [6, 6.07) is 4.07. The van der Waals surface area contributed by atoms with Crippen LogP contribution in [0, 0.1) is 5.92 Å². The molecule has 1 saturated heterocycles. The van der Waals surface area contributed by atoms with Crippen LogP contribution in [-0.2, 0) is 16.1 Å². The summed E-state index contributed by atoms with van der Waals surface area (Å²) in [6.07, 6.45) is 2.80. The molecule has 0 saturated carbocycles. The second kappa shape index (κ2) is 8.06. The fourth-order valence-corrected chi connectivity index (χ4v) is 4.04. The number of hydrogen-bond acceptors (Lipinski definition) is 4. The van der Waals surface area contributed by atoms with Crippen LogP contribution in [0.3, 0.4) is 0 Å². The molecule has 116 valence electrons. The van der Waals surface area contributed by atoms with E-state index in [1.165, 1.54) is 4.88 Å². The Morgan fingerprint density at radius 2 is 2.19 bits per heavy atom. The van der Waals surface area contributed by atoms with Crippen LogP contribution < -0.4 is 0 Å². The predicted molar refractivity (Wildman–Crippen MR) is 88.3 cm³/mol. The number of likely N-dealkylation sites (N-methyl/N-ethyl adjacent to an activating group) is 1. The molecule has 0 aliphatic carbocycles. The van der Waals surface area contributed by atoms with Crippen LogP contribution in [0.25, 0.3) is 0 Å². The lowest BCUT2D eigenvalue weighted by atomic mass is 9.99. The minimum Gasteiger partial charge on any atom is -0.337 e. The van der Waals surface area contributed by atoms with Gasteiger partial charge >= 0.3 is 0 Å². The molecule has 1 fully saturated rings. The van der Waals surface area contributed by atoms with Gasteiger partial charge < -0.3 is 9.69 Å². The minimum atomic E-state index is 0.173. The van der Waals surface area contributed by atoms with Gasteiger partial charge in [0.25, 0.3) is 0 Å². The van der Waals surface area contributed by atoms with Crippen molar-refractivity contribution in [3.63, 3.8) is 0 Å². The van der Waals surface area contributed by atoms with Gasteiger partial charge in [-0.15, -0.1) is 11.3 Å². The lowest BCUT2D eigenvalue weighted by Crippen LogP contribution is -2.43. The molecule has 0 atom stereocenters. The van der Waals surface area contributed by atoms with Gasteiger partial charge in [0, 0.05) is 17.3 Å². The van der Waals surface area contributed by atoms with Crippen LogP contribution in [0.5, 0.6) is 0 Å². The number of hydrogen-bond donors (Lipinski definition) is 0. The van der Waals surface area contributed by atoms with Gasteiger partial charge in [-0.05, 0) is 60.9 Å². The molecule has 6 heteroatoms. The Labute approximate surface area is 138 Å². The van der Waals surface area contributed by atoms with Crippen molar-refractivity contribution >= 4 is 39.5 Å². The van der Waals surface area contributed by atoms with Gasteiger partial charge in [0.05, 0.1) is 16.9 Å². The second-order valence-electron chi connectivity index (χ2n) is 5.36. The molecule has 2 heterocycles. The first kappa shape index (κ1) is 16.6. The minimum absolute atomic E-state index is 0.173. The number of nitrogens with zero attached hydrogens (tertiary/aromatic N) is 2. The van der Waals surface area contributed by atoms with Crippen molar-refractivity contribution in [3.8, 4) is 0 Å². The van der Waals surface area contributed by atoms with E-state index in [-0.39, 0.29) is 11.8 Å². The van der Waals surface area contributed by atoms with E-state index in [0.29, 0.717) is 13.1 Å².